The Bertz CT molecular complexity index is 602. The Morgan fingerprint density at radius 2 is 2.10 bits per heavy atom. The van der Waals surface area contributed by atoms with E-state index in [1.807, 2.05) is 25.1 Å². The van der Waals surface area contributed by atoms with Crippen LogP contribution in [0.25, 0.3) is 10.6 Å². The third-order valence-corrected chi connectivity index (χ3v) is 5.02. The molecule has 1 N–H and O–H groups in total. The summed E-state index contributed by atoms with van der Waals surface area (Å²) in [6.07, 6.45) is 3.28. The van der Waals surface area contributed by atoms with Gasteiger partial charge in [-0.25, -0.2) is 4.98 Å². The van der Waals surface area contributed by atoms with E-state index in [1.54, 1.807) is 11.3 Å². The maximum absolute atomic E-state index is 11.9. The summed E-state index contributed by atoms with van der Waals surface area (Å²) >= 11 is 1.67. The van der Waals surface area contributed by atoms with Gasteiger partial charge in [-0.05, 0) is 19.8 Å². The molecular weight excluding hydrogens is 268 g/mol. The van der Waals surface area contributed by atoms with E-state index in [0.717, 1.165) is 34.0 Å². The molecule has 1 aromatic heterocycles. The van der Waals surface area contributed by atoms with Crippen LogP contribution >= 0.6 is 11.3 Å². The molecular formula is C16H18N2OS. The SMILES string of the molecule is Cc1nc(-c2ccccc2)sc1CNC(=O)C1CCC1. The highest BCUT2D eigenvalue weighted by molar-refractivity contribution is 7.15. The highest BCUT2D eigenvalue weighted by Gasteiger charge is 2.25. The van der Waals surface area contributed by atoms with Gasteiger partial charge in [-0.1, -0.05) is 36.8 Å². The molecule has 20 heavy (non-hydrogen) atoms. The fourth-order valence-corrected chi connectivity index (χ4v) is 3.29. The number of nitrogens with one attached hydrogen (secondary N) is 1. The van der Waals surface area contributed by atoms with E-state index in [9.17, 15) is 4.79 Å². The van der Waals surface area contributed by atoms with Crippen molar-refractivity contribution in [2.45, 2.75) is 32.7 Å². The Kier molecular flexibility index (Phi) is 3.83. The largest absolute Gasteiger partial charge is 0.351 e. The van der Waals surface area contributed by atoms with Crippen molar-refractivity contribution in [1.82, 2.24) is 10.3 Å². The molecule has 3 nitrogen and oxygen atoms in total. The first-order valence-corrected chi connectivity index (χ1v) is 7.85. The van der Waals surface area contributed by atoms with Gasteiger partial charge in [-0.3, -0.25) is 4.79 Å². The zero-order valence-electron chi connectivity index (χ0n) is 11.6. The average molecular weight is 286 g/mol. The van der Waals surface area contributed by atoms with E-state index in [0.29, 0.717) is 6.54 Å². The van der Waals surface area contributed by atoms with E-state index in [1.165, 1.54) is 6.42 Å². The number of hydrogen-bond acceptors (Lipinski definition) is 3. The number of carbonyl (C=O) groups excluding carboxylic acids is 1. The average Bonchev–Trinajstić information content (AvgIpc) is 2.77. The van der Waals surface area contributed by atoms with Crippen LogP contribution in [0.2, 0.25) is 0 Å². The van der Waals surface area contributed by atoms with Gasteiger partial charge in [0.15, 0.2) is 0 Å². The fourth-order valence-electron chi connectivity index (χ4n) is 2.28. The predicted octanol–water partition coefficient (Wildman–Crippen LogP) is 3.53. The van der Waals surface area contributed by atoms with Crippen LogP contribution in [0.1, 0.15) is 29.8 Å². The van der Waals surface area contributed by atoms with Crippen molar-refractivity contribution < 1.29 is 4.79 Å². The van der Waals surface area contributed by atoms with Crippen molar-refractivity contribution in [2.75, 3.05) is 0 Å². The first-order chi connectivity index (χ1) is 9.74. The number of rotatable bonds is 4. The van der Waals surface area contributed by atoms with Gasteiger partial charge in [0.05, 0.1) is 12.2 Å². The summed E-state index contributed by atoms with van der Waals surface area (Å²) in [6.45, 7) is 2.61. The molecule has 0 radical (unpaired) electrons. The number of thiazole rings is 1. The van der Waals surface area contributed by atoms with Gasteiger partial charge in [-0.15, -0.1) is 11.3 Å². The maximum atomic E-state index is 11.9. The summed E-state index contributed by atoms with van der Waals surface area (Å²) in [5.41, 5.74) is 2.15. The molecule has 3 rings (SSSR count). The minimum atomic E-state index is 0.199. The predicted molar refractivity (Wildman–Crippen MR) is 81.5 cm³/mol. The van der Waals surface area contributed by atoms with E-state index < -0.39 is 0 Å². The van der Waals surface area contributed by atoms with E-state index >= 15 is 0 Å². The molecule has 0 atom stereocenters. The third-order valence-electron chi connectivity index (χ3n) is 3.81. The minimum absolute atomic E-state index is 0.199. The summed E-state index contributed by atoms with van der Waals surface area (Å²) in [4.78, 5) is 17.6. The topological polar surface area (TPSA) is 42.0 Å². The van der Waals surface area contributed by atoms with Crippen LogP contribution in [-0.4, -0.2) is 10.9 Å². The van der Waals surface area contributed by atoms with Crippen molar-refractivity contribution in [1.29, 1.82) is 0 Å². The highest BCUT2D eigenvalue weighted by atomic mass is 32.1. The lowest BCUT2D eigenvalue weighted by Gasteiger charge is -2.23. The normalized spacial score (nSPS) is 14.8. The summed E-state index contributed by atoms with van der Waals surface area (Å²) in [5, 5.41) is 4.06. The molecule has 1 amide bonds. The van der Waals surface area contributed by atoms with E-state index in [2.05, 4.69) is 22.4 Å². The van der Waals surface area contributed by atoms with Crippen molar-refractivity contribution in [3.63, 3.8) is 0 Å². The summed E-state index contributed by atoms with van der Waals surface area (Å²) < 4.78 is 0. The smallest absolute Gasteiger partial charge is 0.223 e. The number of nitrogens with zero attached hydrogens (tertiary/aromatic N) is 1. The number of hydrogen-bond donors (Lipinski definition) is 1. The van der Waals surface area contributed by atoms with Crippen LogP contribution in [0.15, 0.2) is 30.3 Å². The third kappa shape index (κ3) is 2.75. The van der Waals surface area contributed by atoms with Crippen molar-refractivity contribution in [3.8, 4) is 10.6 Å². The Labute approximate surface area is 123 Å². The summed E-state index contributed by atoms with van der Waals surface area (Å²) in [7, 11) is 0. The second-order valence-electron chi connectivity index (χ2n) is 5.24. The Hall–Kier alpha value is -1.68. The Balaban J connectivity index is 1.68. The molecule has 0 spiro atoms. The van der Waals surface area contributed by atoms with Gasteiger partial charge in [0.25, 0.3) is 0 Å². The van der Waals surface area contributed by atoms with Crippen molar-refractivity contribution >= 4 is 17.2 Å². The zero-order chi connectivity index (χ0) is 13.9. The van der Waals surface area contributed by atoms with Crippen LogP contribution in [0.4, 0.5) is 0 Å². The van der Waals surface area contributed by atoms with Gasteiger partial charge in [0.2, 0.25) is 5.91 Å². The van der Waals surface area contributed by atoms with Crippen LogP contribution in [0, 0.1) is 12.8 Å². The molecule has 1 aromatic carbocycles. The van der Waals surface area contributed by atoms with Crippen molar-refractivity contribution in [3.05, 3.63) is 40.9 Å². The molecule has 104 valence electrons. The molecule has 1 saturated carbocycles. The first-order valence-electron chi connectivity index (χ1n) is 7.03. The van der Waals surface area contributed by atoms with Gasteiger partial charge in [0, 0.05) is 16.4 Å². The Morgan fingerprint density at radius 3 is 2.75 bits per heavy atom. The van der Waals surface area contributed by atoms with Gasteiger partial charge < -0.3 is 5.32 Å². The summed E-state index contributed by atoms with van der Waals surface area (Å²) in [5.74, 6) is 0.446. The second-order valence-corrected chi connectivity index (χ2v) is 6.32. The lowest BCUT2D eigenvalue weighted by Crippen LogP contribution is -2.33. The molecule has 4 heteroatoms. The quantitative estimate of drug-likeness (QED) is 0.934. The molecule has 1 aliphatic carbocycles. The number of aromatic nitrogens is 1. The molecule has 2 aromatic rings. The first kappa shape index (κ1) is 13.3. The number of benzene rings is 1. The van der Waals surface area contributed by atoms with Gasteiger partial charge in [-0.2, -0.15) is 0 Å². The van der Waals surface area contributed by atoms with Crippen LogP contribution in [-0.2, 0) is 11.3 Å². The van der Waals surface area contributed by atoms with Crippen LogP contribution in [0.5, 0.6) is 0 Å². The van der Waals surface area contributed by atoms with Gasteiger partial charge in [0.1, 0.15) is 5.01 Å². The zero-order valence-corrected chi connectivity index (χ0v) is 12.4. The molecule has 1 fully saturated rings. The molecule has 0 saturated heterocycles. The number of aryl methyl sites for hydroxylation is 1. The number of amides is 1. The molecule has 1 heterocycles. The molecule has 0 bridgehead atoms. The highest BCUT2D eigenvalue weighted by Crippen LogP contribution is 2.29. The van der Waals surface area contributed by atoms with E-state index in [4.69, 9.17) is 0 Å². The van der Waals surface area contributed by atoms with Crippen LogP contribution in [0.3, 0.4) is 0 Å². The summed E-state index contributed by atoms with van der Waals surface area (Å²) in [6, 6.07) is 10.2. The fraction of sp³-hybridized carbons (Fsp3) is 0.375. The standard InChI is InChI=1S/C16H18N2OS/c1-11-14(10-17-15(19)12-8-5-9-12)20-16(18-11)13-6-3-2-4-7-13/h2-4,6-7,12H,5,8-10H2,1H3,(H,17,19). The molecule has 0 unspecified atom stereocenters. The van der Waals surface area contributed by atoms with Crippen LogP contribution < -0.4 is 5.32 Å². The Morgan fingerprint density at radius 1 is 1.35 bits per heavy atom. The van der Waals surface area contributed by atoms with E-state index in [-0.39, 0.29) is 11.8 Å². The maximum Gasteiger partial charge on any atom is 0.223 e. The number of carbonyl (C=O) groups is 1. The minimum Gasteiger partial charge on any atom is -0.351 e. The van der Waals surface area contributed by atoms with Crippen molar-refractivity contribution in [2.24, 2.45) is 5.92 Å². The lowest BCUT2D eigenvalue weighted by molar-refractivity contribution is -0.127. The van der Waals surface area contributed by atoms with Gasteiger partial charge >= 0.3 is 0 Å². The molecule has 1 aliphatic rings. The molecule has 0 aliphatic heterocycles. The lowest BCUT2D eigenvalue weighted by atomic mass is 9.85. The monoisotopic (exact) mass is 286 g/mol. The second kappa shape index (κ2) is 5.75.